The Hall–Kier alpha value is -1.61. The number of nitrogens with zero attached hydrogens (tertiary/aromatic N) is 1. The average molecular weight is 236 g/mol. The third-order valence-corrected chi connectivity index (χ3v) is 2.67. The minimum atomic E-state index is -0.536. The van der Waals surface area contributed by atoms with Crippen LogP contribution in [-0.4, -0.2) is 18.2 Å². The predicted molar refractivity (Wildman–Crippen MR) is 62.9 cm³/mol. The van der Waals surface area contributed by atoms with E-state index < -0.39 is 11.7 Å². The summed E-state index contributed by atoms with van der Waals surface area (Å²) < 4.78 is 0. The Morgan fingerprint density at radius 1 is 1.44 bits per heavy atom. The molecule has 1 aliphatic heterocycles. The number of benzene rings is 1. The molecule has 0 bridgehead atoms. The Kier molecular flexibility index (Phi) is 2.56. The Bertz CT molecular complexity index is 508. The molecule has 4 heteroatoms. The minimum absolute atomic E-state index is 0.321. The van der Waals surface area contributed by atoms with Crippen molar-refractivity contribution < 1.29 is 9.59 Å². The number of Topliss-reactive ketones (excluding diaryl/α,β-unsaturated/α-hetero) is 1. The van der Waals surface area contributed by atoms with Gasteiger partial charge in [-0.25, -0.2) is 0 Å². The van der Waals surface area contributed by atoms with Gasteiger partial charge in [0.05, 0.1) is 16.3 Å². The number of carbonyl (C=O) groups excluding carboxylic acids is 2. The Labute approximate surface area is 98.3 Å². The first-order chi connectivity index (χ1) is 7.52. The summed E-state index contributed by atoms with van der Waals surface area (Å²) in [6.45, 7) is 5.85. The second-order valence-electron chi connectivity index (χ2n) is 3.81. The zero-order valence-corrected chi connectivity index (χ0v) is 9.54. The molecule has 1 heterocycles. The summed E-state index contributed by atoms with van der Waals surface area (Å²) in [4.78, 5) is 24.8. The van der Waals surface area contributed by atoms with Crippen molar-refractivity contribution in [2.24, 2.45) is 0 Å². The second kappa shape index (κ2) is 3.76. The number of hydrogen-bond acceptors (Lipinski definition) is 2. The molecular weight excluding hydrogens is 226 g/mol. The van der Waals surface area contributed by atoms with Crippen molar-refractivity contribution >= 4 is 29.0 Å². The first-order valence-corrected chi connectivity index (χ1v) is 5.19. The van der Waals surface area contributed by atoms with Gasteiger partial charge in [-0.2, -0.15) is 0 Å². The SMILES string of the molecule is C=C(C)CN1C(=O)C(=O)c2cccc(Cl)c21. The molecule has 0 N–H and O–H groups in total. The van der Waals surface area contributed by atoms with Crippen molar-refractivity contribution in [3.8, 4) is 0 Å². The maximum atomic E-state index is 11.7. The maximum absolute atomic E-state index is 11.7. The lowest BCUT2D eigenvalue weighted by Crippen LogP contribution is -2.31. The number of amides is 1. The molecule has 0 saturated heterocycles. The van der Waals surface area contributed by atoms with Crippen LogP contribution in [0.5, 0.6) is 0 Å². The normalized spacial score (nSPS) is 14.2. The molecule has 0 aliphatic carbocycles. The van der Waals surface area contributed by atoms with Crippen LogP contribution in [0, 0.1) is 0 Å². The van der Waals surface area contributed by atoms with Gasteiger partial charge in [-0.05, 0) is 19.1 Å². The summed E-state index contributed by atoms with van der Waals surface area (Å²) in [6.07, 6.45) is 0. The molecule has 0 aromatic heterocycles. The van der Waals surface area contributed by atoms with Crippen LogP contribution in [0.15, 0.2) is 30.4 Å². The Morgan fingerprint density at radius 3 is 2.75 bits per heavy atom. The molecule has 0 atom stereocenters. The number of hydrogen-bond donors (Lipinski definition) is 0. The van der Waals surface area contributed by atoms with Gasteiger partial charge in [0.2, 0.25) is 0 Å². The quantitative estimate of drug-likeness (QED) is 0.583. The standard InChI is InChI=1S/C12H10ClNO2/c1-7(2)6-14-10-8(11(15)12(14)16)4-3-5-9(10)13/h3-5H,1,6H2,2H3. The number of halogens is 1. The first-order valence-electron chi connectivity index (χ1n) is 4.81. The molecule has 0 unspecified atom stereocenters. The van der Waals surface area contributed by atoms with Crippen molar-refractivity contribution in [2.45, 2.75) is 6.92 Å². The average Bonchev–Trinajstić information content (AvgIpc) is 2.45. The van der Waals surface area contributed by atoms with Crippen molar-refractivity contribution in [2.75, 3.05) is 11.4 Å². The molecule has 0 fully saturated rings. The Balaban J connectivity index is 2.56. The fourth-order valence-electron chi connectivity index (χ4n) is 1.73. The fraction of sp³-hybridized carbons (Fsp3) is 0.167. The highest BCUT2D eigenvalue weighted by atomic mass is 35.5. The van der Waals surface area contributed by atoms with E-state index in [-0.39, 0.29) is 0 Å². The molecular formula is C12H10ClNO2. The molecule has 1 aliphatic rings. The molecule has 0 spiro atoms. The molecule has 82 valence electrons. The highest BCUT2D eigenvalue weighted by molar-refractivity contribution is 6.54. The zero-order chi connectivity index (χ0) is 11.9. The van der Waals surface area contributed by atoms with E-state index in [9.17, 15) is 9.59 Å². The number of rotatable bonds is 2. The van der Waals surface area contributed by atoms with Crippen LogP contribution in [0.4, 0.5) is 5.69 Å². The number of anilines is 1. The maximum Gasteiger partial charge on any atom is 0.299 e. The lowest BCUT2D eigenvalue weighted by molar-refractivity contribution is -0.114. The summed E-state index contributed by atoms with van der Waals surface area (Å²) in [7, 11) is 0. The highest BCUT2D eigenvalue weighted by Crippen LogP contribution is 2.35. The van der Waals surface area contributed by atoms with Gasteiger partial charge in [0.15, 0.2) is 0 Å². The molecule has 16 heavy (non-hydrogen) atoms. The first kappa shape index (κ1) is 10.9. The van der Waals surface area contributed by atoms with Gasteiger partial charge in [-0.15, -0.1) is 0 Å². The molecule has 2 rings (SSSR count). The number of para-hydroxylation sites is 1. The minimum Gasteiger partial charge on any atom is -0.299 e. The van der Waals surface area contributed by atoms with Crippen LogP contribution >= 0.6 is 11.6 Å². The van der Waals surface area contributed by atoms with Gasteiger partial charge in [0.1, 0.15) is 0 Å². The van der Waals surface area contributed by atoms with E-state index in [0.717, 1.165) is 5.57 Å². The van der Waals surface area contributed by atoms with E-state index in [1.807, 2.05) is 0 Å². The second-order valence-corrected chi connectivity index (χ2v) is 4.22. The van der Waals surface area contributed by atoms with E-state index in [0.29, 0.717) is 22.8 Å². The smallest absolute Gasteiger partial charge is 0.299 e. The number of fused-ring (bicyclic) bond motifs is 1. The summed E-state index contributed by atoms with van der Waals surface area (Å²) in [6, 6.07) is 4.94. The van der Waals surface area contributed by atoms with Crippen molar-refractivity contribution in [3.63, 3.8) is 0 Å². The summed E-state index contributed by atoms with van der Waals surface area (Å²) in [5, 5.41) is 0.415. The predicted octanol–water partition coefficient (Wildman–Crippen LogP) is 2.45. The van der Waals surface area contributed by atoms with E-state index in [2.05, 4.69) is 6.58 Å². The van der Waals surface area contributed by atoms with Crippen LogP contribution < -0.4 is 4.90 Å². The zero-order valence-electron chi connectivity index (χ0n) is 8.79. The van der Waals surface area contributed by atoms with Gasteiger partial charge in [0, 0.05) is 6.54 Å². The molecule has 3 nitrogen and oxygen atoms in total. The van der Waals surface area contributed by atoms with Crippen LogP contribution in [-0.2, 0) is 4.79 Å². The van der Waals surface area contributed by atoms with Gasteiger partial charge in [-0.1, -0.05) is 29.8 Å². The molecule has 1 amide bonds. The third kappa shape index (κ3) is 1.53. The Morgan fingerprint density at radius 2 is 2.12 bits per heavy atom. The van der Waals surface area contributed by atoms with E-state index >= 15 is 0 Å². The van der Waals surface area contributed by atoms with E-state index in [1.165, 1.54) is 4.90 Å². The monoisotopic (exact) mass is 235 g/mol. The van der Waals surface area contributed by atoms with Crippen molar-refractivity contribution in [1.29, 1.82) is 0 Å². The topological polar surface area (TPSA) is 37.4 Å². The largest absolute Gasteiger partial charge is 0.299 e. The number of carbonyl (C=O) groups is 2. The fourth-order valence-corrected chi connectivity index (χ4v) is 2.01. The van der Waals surface area contributed by atoms with Crippen LogP contribution in [0.2, 0.25) is 5.02 Å². The lowest BCUT2D eigenvalue weighted by Gasteiger charge is -2.17. The van der Waals surface area contributed by atoms with Gasteiger partial charge < -0.3 is 0 Å². The lowest BCUT2D eigenvalue weighted by atomic mass is 10.1. The molecule has 0 radical (unpaired) electrons. The summed E-state index contributed by atoms with van der Waals surface area (Å²) in [5.41, 5.74) is 1.68. The molecule has 1 aromatic carbocycles. The van der Waals surface area contributed by atoms with Gasteiger partial charge in [-0.3, -0.25) is 14.5 Å². The highest BCUT2D eigenvalue weighted by Gasteiger charge is 2.36. The van der Waals surface area contributed by atoms with E-state index in [4.69, 9.17) is 11.6 Å². The third-order valence-electron chi connectivity index (χ3n) is 2.37. The summed E-state index contributed by atoms with van der Waals surface area (Å²) >= 11 is 6.00. The van der Waals surface area contributed by atoms with Crippen LogP contribution in [0.25, 0.3) is 0 Å². The molecule has 1 aromatic rings. The van der Waals surface area contributed by atoms with Gasteiger partial charge >= 0.3 is 0 Å². The van der Waals surface area contributed by atoms with E-state index in [1.54, 1.807) is 25.1 Å². The van der Waals surface area contributed by atoms with Crippen LogP contribution in [0.1, 0.15) is 17.3 Å². The summed E-state index contributed by atoms with van der Waals surface area (Å²) in [5.74, 6) is -1.04. The van der Waals surface area contributed by atoms with Gasteiger partial charge in [0.25, 0.3) is 11.7 Å². The molecule has 0 saturated carbocycles. The van der Waals surface area contributed by atoms with Crippen molar-refractivity contribution in [3.05, 3.63) is 40.9 Å². The number of ketones is 1. The van der Waals surface area contributed by atoms with Crippen molar-refractivity contribution in [1.82, 2.24) is 0 Å². The van der Waals surface area contributed by atoms with Crippen LogP contribution in [0.3, 0.4) is 0 Å².